The molecule has 0 heterocycles. The van der Waals surface area contributed by atoms with E-state index in [0.717, 1.165) is 51.4 Å². The molecule has 0 unspecified atom stereocenters. The van der Waals surface area contributed by atoms with E-state index in [0.29, 0.717) is 29.4 Å². The van der Waals surface area contributed by atoms with Crippen molar-refractivity contribution in [3.63, 3.8) is 0 Å². The summed E-state index contributed by atoms with van der Waals surface area (Å²) in [7, 11) is 0. The van der Waals surface area contributed by atoms with Gasteiger partial charge < -0.3 is 14.7 Å². The van der Waals surface area contributed by atoms with Gasteiger partial charge in [0.05, 0.1) is 0 Å². The van der Waals surface area contributed by atoms with Crippen LogP contribution in [-0.4, -0.2) is 35.1 Å². The molecule has 6 nitrogen and oxygen atoms in total. The van der Waals surface area contributed by atoms with Gasteiger partial charge in [-0.15, -0.1) is 0 Å². The molecule has 0 aliphatic heterocycles. The van der Waals surface area contributed by atoms with E-state index in [1.54, 1.807) is 0 Å². The summed E-state index contributed by atoms with van der Waals surface area (Å²) < 4.78 is 11.1. The molecule has 0 aromatic heterocycles. The molecule has 0 amide bonds. The van der Waals surface area contributed by atoms with E-state index in [-0.39, 0.29) is 28.9 Å². The molecule has 162 valence electrons. The Morgan fingerprint density at radius 1 is 0.966 bits per heavy atom. The number of esters is 2. The zero-order valence-electron chi connectivity index (χ0n) is 18.1. The summed E-state index contributed by atoms with van der Waals surface area (Å²) in [5.41, 5.74) is 0.757. The predicted octanol–water partition coefficient (Wildman–Crippen LogP) is 4.33. The second-order valence-corrected chi connectivity index (χ2v) is 10.4. The average Bonchev–Trinajstić information content (AvgIpc) is 2.92. The van der Waals surface area contributed by atoms with Crippen molar-refractivity contribution in [2.75, 3.05) is 0 Å². The van der Waals surface area contributed by atoms with E-state index < -0.39 is 6.10 Å². The number of rotatable bonds is 2. The topological polar surface area (TPSA) is 85.2 Å². The molecule has 4 saturated carbocycles. The minimum atomic E-state index is -0.392. The molecular weight excluding hydrogens is 370 g/mol. The summed E-state index contributed by atoms with van der Waals surface area (Å²) >= 11 is 0. The molecule has 0 aromatic carbocycles. The van der Waals surface area contributed by atoms with Crippen LogP contribution in [0.2, 0.25) is 0 Å². The first-order valence-corrected chi connectivity index (χ1v) is 11.3. The van der Waals surface area contributed by atoms with Crippen molar-refractivity contribution in [3.8, 4) is 0 Å². The standard InChI is InChI=1S/C23H35NO5/c1-13(25)28-16-7-9-22(3)15(11-16)5-6-17-18(22)8-10-23(4)19(17)12-20(21(23)24-27)29-14(2)26/h15-20,27H,5-12H2,1-4H3/t15-,16-,17+,18-,19-,20+,22-,23-/m0/s1. The summed E-state index contributed by atoms with van der Waals surface area (Å²) in [4.78, 5) is 23.0. The first-order chi connectivity index (χ1) is 13.7. The molecule has 4 fully saturated rings. The normalized spacial score (nSPS) is 47.7. The highest BCUT2D eigenvalue weighted by molar-refractivity contribution is 5.97. The van der Waals surface area contributed by atoms with Gasteiger partial charge in [-0.1, -0.05) is 19.0 Å². The summed E-state index contributed by atoms with van der Waals surface area (Å²) in [5, 5.41) is 13.4. The van der Waals surface area contributed by atoms with Gasteiger partial charge >= 0.3 is 11.9 Å². The molecule has 0 bridgehead atoms. The SMILES string of the molecule is CC(=O)O[C@H]1CC[C@@]2(C)[C@@H](CC[C@@H]3[C@@H]2CC[C@]2(C)C(=NO)[C@H](OC(C)=O)C[C@@H]32)C1. The third-order valence-electron chi connectivity index (χ3n) is 9.11. The lowest BCUT2D eigenvalue weighted by Gasteiger charge is -2.60. The van der Waals surface area contributed by atoms with Crippen molar-refractivity contribution in [2.45, 2.75) is 91.3 Å². The Balaban J connectivity index is 1.56. The largest absolute Gasteiger partial charge is 0.463 e. The van der Waals surface area contributed by atoms with Crippen molar-refractivity contribution >= 4 is 17.7 Å². The fourth-order valence-corrected chi connectivity index (χ4v) is 7.83. The van der Waals surface area contributed by atoms with E-state index in [4.69, 9.17) is 9.47 Å². The van der Waals surface area contributed by atoms with Gasteiger partial charge in [-0.2, -0.15) is 0 Å². The first kappa shape index (κ1) is 20.7. The third kappa shape index (κ3) is 3.27. The number of hydrogen-bond acceptors (Lipinski definition) is 6. The van der Waals surface area contributed by atoms with Crippen LogP contribution in [0.5, 0.6) is 0 Å². The van der Waals surface area contributed by atoms with Crippen LogP contribution in [0.1, 0.15) is 79.1 Å². The highest BCUT2D eigenvalue weighted by atomic mass is 16.5. The number of oxime groups is 1. The maximum absolute atomic E-state index is 11.6. The van der Waals surface area contributed by atoms with Crippen molar-refractivity contribution in [2.24, 2.45) is 39.7 Å². The monoisotopic (exact) mass is 405 g/mol. The lowest BCUT2D eigenvalue weighted by molar-refractivity contribution is -0.158. The molecule has 6 heteroatoms. The number of carbonyl (C=O) groups is 2. The summed E-state index contributed by atoms with van der Waals surface area (Å²) in [6, 6.07) is 0. The molecule has 1 N–H and O–H groups in total. The number of hydrogen-bond donors (Lipinski definition) is 1. The number of ether oxygens (including phenoxy) is 2. The lowest BCUT2D eigenvalue weighted by Crippen LogP contribution is -2.54. The Bertz CT molecular complexity index is 720. The number of carbonyl (C=O) groups excluding carboxylic acids is 2. The zero-order chi connectivity index (χ0) is 21.0. The molecular formula is C23H35NO5. The van der Waals surface area contributed by atoms with Gasteiger partial charge in [0.25, 0.3) is 0 Å². The minimum Gasteiger partial charge on any atom is -0.463 e. The van der Waals surface area contributed by atoms with E-state index in [1.165, 1.54) is 13.8 Å². The molecule has 0 spiro atoms. The highest BCUT2D eigenvalue weighted by Gasteiger charge is 2.62. The van der Waals surface area contributed by atoms with Crippen LogP contribution in [0.3, 0.4) is 0 Å². The Hall–Kier alpha value is -1.59. The fourth-order valence-electron chi connectivity index (χ4n) is 7.83. The number of nitrogens with zero attached hydrogens (tertiary/aromatic N) is 1. The van der Waals surface area contributed by atoms with Crippen LogP contribution in [0.15, 0.2) is 5.16 Å². The molecule has 0 saturated heterocycles. The Morgan fingerprint density at radius 3 is 2.34 bits per heavy atom. The Kier molecular flexibility index (Phi) is 5.19. The van der Waals surface area contributed by atoms with E-state index in [1.807, 2.05) is 0 Å². The van der Waals surface area contributed by atoms with Crippen LogP contribution >= 0.6 is 0 Å². The van der Waals surface area contributed by atoms with Gasteiger partial charge in [-0.25, -0.2) is 0 Å². The quantitative estimate of drug-likeness (QED) is 0.420. The van der Waals surface area contributed by atoms with Gasteiger partial charge in [0.15, 0.2) is 0 Å². The molecule has 0 radical (unpaired) electrons. The van der Waals surface area contributed by atoms with Crippen molar-refractivity contribution in [1.29, 1.82) is 0 Å². The molecule has 29 heavy (non-hydrogen) atoms. The van der Waals surface area contributed by atoms with Crippen LogP contribution in [0.25, 0.3) is 0 Å². The summed E-state index contributed by atoms with van der Waals surface area (Å²) in [5.74, 6) is 1.71. The van der Waals surface area contributed by atoms with E-state index in [2.05, 4.69) is 19.0 Å². The van der Waals surface area contributed by atoms with Gasteiger partial charge in [0, 0.05) is 19.3 Å². The summed E-state index contributed by atoms with van der Waals surface area (Å²) in [6.07, 6.45) is 7.91. The smallest absolute Gasteiger partial charge is 0.303 e. The van der Waals surface area contributed by atoms with Gasteiger partial charge in [0.2, 0.25) is 0 Å². The van der Waals surface area contributed by atoms with Crippen molar-refractivity contribution in [1.82, 2.24) is 0 Å². The van der Waals surface area contributed by atoms with Gasteiger partial charge in [0.1, 0.15) is 17.9 Å². The van der Waals surface area contributed by atoms with Gasteiger partial charge in [-0.05, 0) is 80.5 Å². The maximum atomic E-state index is 11.6. The first-order valence-electron chi connectivity index (χ1n) is 11.3. The predicted molar refractivity (Wildman–Crippen MR) is 107 cm³/mol. The second kappa shape index (κ2) is 7.28. The number of fused-ring (bicyclic) bond motifs is 5. The van der Waals surface area contributed by atoms with Crippen molar-refractivity contribution < 1.29 is 24.3 Å². The second-order valence-electron chi connectivity index (χ2n) is 10.4. The zero-order valence-corrected chi connectivity index (χ0v) is 18.1. The van der Waals surface area contributed by atoms with Gasteiger partial charge in [-0.3, -0.25) is 9.59 Å². The Morgan fingerprint density at radius 2 is 1.69 bits per heavy atom. The molecule has 8 atom stereocenters. The van der Waals surface area contributed by atoms with Crippen LogP contribution < -0.4 is 0 Å². The molecule has 4 aliphatic rings. The lowest BCUT2D eigenvalue weighted by atomic mass is 9.45. The third-order valence-corrected chi connectivity index (χ3v) is 9.11. The van der Waals surface area contributed by atoms with Crippen LogP contribution in [0, 0.1) is 34.5 Å². The molecule has 4 rings (SSSR count). The fraction of sp³-hybridized carbons (Fsp3) is 0.870. The average molecular weight is 406 g/mol. The van der Waals surface area contributed by atoms with Crippen molar-refractivity contribution in [3.05, 3.63) is 0 Å². The Labute approximate surface area is 173 Å². The highest BCUT2D eigenvalue weighted by Crippen LogP contribution is 2.66. The maximum Gasteiger partial charge on any atom is 0.303 e. The molecule has 0 aromatic rings. The van der Waals surface area contributed by atoms with Crippen LogP contribution in [-0.2, 0) is 19.1 Å². The molecule has 4 aliphatic carbocycles. The van der Waals surface area contributed by atoms with E-state index in [9.17, 15) is 14.8 Å². The minimum absolute atomic E-state index is 0.0731. The van der Waals surface area contributed by atoms with E-state index >= 15 is 0 Å². The summed E-state index contributed by atoms with van der Waals surface area (Å²) in [6.45, 7) is 7.60. The van der Waals surface area contributed by atoms with Crippen LogP contribution in [0.4, 0.5) is 0 Å².